The number of alkyl halides is 2. The van der Waals surface area contributed by atoms with Crippen molar-refractivity contribution in [2.45, 2.75) is 44.4 Å². The van der Waals surface area contributed by atoms with Crippen LogP contribution in [-0.2, 0) is 0 Å². The third-order valence-corrected chi connectivity index (χ3v) is 4.92. The van der Waals surface area contributed by atoms with Crippen LogP contribution in [0.2, 0.25) is 0 Å². The number of guanidine groups is 2. The van der Waals surface area contributed by atoms with Gasteiger partial charge in [-0.1, -0.05) is 6.42 Å². The monoisotopic (exact) mass is 419 g/mol. The van der Waals surface area contributed by atoms with Crippen molar-refractivity contribution < 1.29 is 17.9 Å². The molecule has 1 fully saturated rings. The Labute approximate surface area is 150 Å². The minimum Gasteiger partial charge on any atom is -0.432 e. The number of hydrogen-bond donors (Lipinski definition) is 2. The van der Waals surface area contributed by atoms with Gasteiger partial charge in [-0.3, -0.25) is 4.90 Å². The fraction of sp³-hybridized carbons (Fsp3) is 0.467. The van der Waals surface area contributed by atoms with Crippen LogP contribution in [0.3, 0.4) is 0 Å². The van der Waals surface area contributed by atoms with Crippen LogP contribution in [0.4, 0.5) is 18.9 Å². The van der Waals surface area contributed by atoms with Gasteiger partial charge < -0.3 is 16.2 Å². The molecular weight excluding hydrogens is 403 g/mol. The van der Waals surface area contributed by atoms with Crippen molar-refractivity contribution in [3.05, 3.63) is 22.4 Å². The second-order valence-corrected chi connectivity index (χ2v) is 6.79. The van der Waals surface area contributed by atoms with Crippen LogP contribution in [-0.4, -0.2) is 24.2 Å². The third kappa shape index (κ3) is 3.39. The van der Waals surface area contributed by atoms with E-state index in [1.807, 2.05) is 0 Å². The first-order chi connectivity index (χ1) is 11.8. The Morgan fingerprint density at radius 1 is 1.20 bits per heavy atom. The molecule has 2 aliphatic rings. The van der Waals surface area contributed by atoms with Gasteiger partial charge in [-0.15, -0.1) is 0 Å². The summed E-state index contributed by atoms with van der Waals surface area (Å²) < 4.78 is 44.1. The maximum atomic E-state index is 13.9. The van der Waals surface area contributed by atoms with Crippen molar-refractivity contribution in [3.8, 4) is 5.75 Å². The Balaban J connectivity index is 2.15. The molecule has 0 radical (unpaired) electrons. The molecule has 1 aliphatic heterocycles. The number of nitrogens with two attached hydrogens (primary N) is 2. The Bertz CT molecular complexity index is 734. The predicted octanol–water partition coefficient (Wildman–Crippen LogP) is 3.30. The molecule has 0 saturated heterocycles. The first-order valence-electron chi connectivity index (χ1n) is 7.76. The summed E-state index contributed by atoms with van der Waals surface area (Å²) >= 11 is 3.07. The van der Waals surface area contributed by atoms with E-state index in [9.17, 15) is 13.2 Å². The van der Waals surface area contributed by atoms with Crippen LogP contribution in [0.25, 0.3) is 0 Å². The standard InChI is InChI=1S/C15H17BrF3N5O/c16-8-6-10(11(7-9(8)17)25-12(18)19)24-14(21)22-13(20)23-15(24)4-2-1-3-5-15/h6-7,12H,1-5H2,(H4,20,21,22,23). The fourth-order valence-corrected chi connectivity index (χ4v) is 3.68. The highest BCUT2D eigenvalue weighted by atomic mass is 79.9. The van der Waals surface area contributed by atoms with Gasteiger partial charge in [0.25, 0.3) is 0 Å². The zero-order valence-corrected chi connectivity index (χ0v) is 14.8. The van der Waals surface area contributed by atoms with E-state index in [4.69, 9.17) is 11.5 Å². The first-order valence-corrected chi connectivity index (χ1v) is 8.55. The van der Waals surface area contributed by atoms with Crippen molar-refractivity contribution in [2.75, 3.05) is 4.90 Å². The maximum absolute atomic E-state index is 13.9. The minimum atomic E-state index is -3.11. The Hall–Kier alpha value is -1.97. The van der Waals surface area contributed by atoms with E-state index in [-0.39, 0.29) is 27.8 Å². The number of ether oxygens (including phenoxy) is 1. The number of nitrogens with zero attached hydrogens (tertiary/aromatic N) is 3. The summed E-state index contributed by atoms with van der Waals surface area (Å²) in [5, 5.41) is 0. The SMILES string of the molecule is NC1=NC2(CCCCC2)N(c2cc(Br)c(F)cc2OC(F)F)C(N)=N1. The molecule has 1 aliphatic carbocycles. The van der Waals surface area contributed by atoms with E-state index in [0.29, 0.717) is 12.8 Å². The van der Waals surface area contributed by atoms with E-state index in [1.165, 1.54) is 11.0 Å². The highest BCUT2D eigenvalue weighted by Crippen LogP contribution is 2.44. The van der Waals surface area contributed by atoms with Crippen LogP contribution in [0, 0.1) is 5.82 Å². The zero-order chi connectivity index (χ0) is 18.2. The number of anilines is 1. The minimum absolute atomic E-state index is 0.00650. The number of rotatable bonds is 3. The van der Waals surface area contributed by atoms with Crippen LogP contribution in [0.1, 0.15) is 32.1 Å². The lowest BCUT2D eigenvalue weighted by molar-refractivity contribution is -0.0497. The average molecular weight is 420 g/mol. The van der Waals surface area contributed by atoms with Gasteiger partial charge in [0.05, 0.1) is 10.2 Å². The lowest BCUT2D eigenvalue weighted by Crippen LogP contribution is -2.58. The van der Waals surface area contributed by atoms with Crippen LogP contribution in [0.5, 0.6) is 5.75 Å². The van der Waals surface area contributed by atoms with Gasteiger partial charge >= 0.3 is 6.61 Å². The zero-order valence-electron chi connectivity index (χ0n) is 13.2. The van der Waals surface area contributed by atoms with Gasteiger partial charge in [0.1, 0.15) is 11.5 Å². The van der Waals surface area contributed by atoms with Crippen LogP contribution >= 0.6 is 15.9 Å². The number of benzene rings is 1. The molecule has 10 heteroatoms. The molecule has 0 unspecified atom stereocenters. The molecule has 136 valence electrons. The van der Waals surface area contributed by atoms with Gasteiger partial charge in [0.2, 0.25) is 11.9 Å². The van der Waals surface area contributed by atoms with Crippen molar-refractivity contribution in [1.82, 2.24) is 0 Å². The molecule has 3 rings (SSSR count). The largest absolute Gasteiger partial charge is 0.432 e. The number of aliphatic imine (C=N–C) groups is 2. The average Bonchev–Trinajstić information content (AvgIpc) is 2.51. The van der Waals surface area contributed by atoms with Crippen molar-refractivity contribution >= 4 is 33.5 Å². The van der Waals surface area contributed by atoms with E-state index >= 15 is 0 Å². The van der Waals surface area contributed by atoms with E-state index in [2.05, 4.69) is 30.7 Å². The second kappa shape index (κ2) is 6.74. The second-order valence-electron chi connectivity index (χ2n) is 5.93. The highest BCUT2D eigenvalue weighted by Gasteiger charge is 2.44. The molecule has 1 heterocycles. The molecular formula is C15H17BrF3N5O. The Morgan fingerprint density at radius 3 is 2.52 bits per heavy atom. The molecule has 0 bridgehead atoms. The molecule has 0 atom stereocenters. The molecule has 1 spiro atoms. The van der Waals surface area contributed by atoms with Gasteiger partial charge in [0.15, 0.2) is 5.75 Å². The topological polar surface area (TPSA) is 89.2 Å². The molecule has 6 nitrogen and oxygen atoms in total. The van der Waals surface area contributed by atoms with Crippen molar-refractivity contribution in [3.63, 3.8) is 0 Å². The molecule has 25 heavy (non-hydrogen) atoms. The molecule has 1 saturated carbocycles. The van der Waals surface area contributed by atoms with Gasteiger partial charge in [-0.25, -0.2) is 9.38 Å². The van der Waals surface area contributed by atoms with E-state index in [0.717, 1.165) is 25.3 Å². The molecule has 4 N–H and O–H groups in total. The molecule has 0 amide bonds. The van der Waals surface area contributed by atoms with Gasteiger partial charge in [0, 0.05) is 6.07 Å². The summed E-state index contributed by atoms with van der Waals surface area (Å²) in [6, 6.07) is 2.22. The smallest absolute Gasteiger partial charge is 0.387 e. The first kappa shape index (κ1) is 17.8. The van der Waals surface area contributed by atoms with Crippen LogP contribution < -0.4 is 21.1 Å². The predicted molar refractivity (Wildman–Crippen MR) is 92.3 cm³/mol. The normalized spacial score (nSPS) is 19.8. The maximum Gasteiger partial charge on any atom is 0.387 e. The van der Waals surface area contributed by atoms with E-state index in [1.54, 1.807) is 0 Å². The summed E-state index contributed by atoms with van der Waals surface area (Å²) in [5.41, 5.74) is 11.2. The van der Waals surface area contributed by atoms with Crippen LogP contribution in [0.15, 0.2) is 26.6 Å². The van der Waals surface area contributed by atoms with E-state index < -0.39 is 18.1 Å². The molecule has 1 aromatic rings. The lowest BCUT2D eigenvalue weighted by atomic mass is 9.87. The summed E-state index contributed by atoms with van der Waals surface area (Å²) in [7, 11) is 0. The third-order valence-electron chi connectivity index (χ3n) is 4.31. The van der Waals surface area contributed by atoms with Gasteiger partial charge in [-0.05, 0) is 47.7 Å². The highest BCUT2D eigenvalue weighted by molar-refractivity contribution is 9.10. The quantitative estimate of drug-likeness (QED) is 0.786. The Morgan fingerprint density at radius 2 is 1.88 bits per heavy atom. The fourth-order valence-electron chi connectivity index (χ4n) is 3.35. The number of halogens is 4. The number of hydrogen-bond acceptors (Lipinski definition) is 6. The summed E-state index contributed by atoms with van der Waals surface area (Å²) in [4.78, 5) is 9.93. The van der Waals surface area contributed by atoms with Crippen molar-refractivity contribution in [2.24, 2.45) is 21.5 Å². The van der Waals surface area contributed by atoms with Crippen molar-refractivity contribution in [1.29, 1.82) is 0 Å². The van der Waals surface area contributed by atoms with Gasteiger partial charge in [-0.2, -0.15) is 13.8 Å². The summed E-state index contributed by atoms with van der Waals surface area (Å²) in [5.74, 6) is -1.03. The lowest BCUT2D eigenvalue weighted by Gasteiger charge is -2.45. The Kier molecular flexibility index (Phi) is 4.81. The molecule has 0 aromatic heterocycles. The molecule has 1 aromatic carbocycles. The summed E-state index contributed by atoms with van der Waals surface area (Å²) in [6.07, 6.45) is 4.00. The summed E-state index contributed by atoms with van der Waals surface area (Å²) in [6.45, 7) is -3.11.